The molecule has 1 N–H and O–H groups in total. The predicted molar refractivity (Wildman–Crippen MR) is 117 cm³/mol. The first-order valence-electron chi connectivity index (χ1n) is 10.1. The van der Waals surface area contributed by atoms with E-state index in [1.807, 2.05) is 0 Å². The molecule has 1 unspecified atom stereocenters. The van der Waals surface area contributed by atoms with Gasteiger partial charge in [0.1, 0.15) is 12.4 Å². The molecule has 29 heavy (non-hydrogen) atoms. The van der Waals surface area contributed by atoms with Crippen molar-refractivity contribution in [2.45, 2.75) is 40.2 Å². The number of amides is 1. The van der Waals surface area contributed by atoms with Crippen LogP contribution in [0.5, 0.6) is 0 Å². The fourth-order valence-corrected chi connectivity index (χ4v) is 3.10. The summed E-state index contributed by atoms with van der Waals surface area (Å²) in [6.45, 7) is 9.31. The lowest BCUT2D eigenvalue weighted by Gasteiger charge is -2.17. The number of anilines is 2. The van der Waals surface area contributed by atoms with E-state index >= 15 is 0 Å². The zero-order valence-corrected chi connectivity index (χ0v) is 17.5. The first-order valence-corrected chi connectivity index (χ1v) is 10.1. The average molecular weight is 393 g/mol. The third-order valence-corrected chi connectivity index (χ3v) is 4.54. The van der Waals surface area contributed by atoms with Gasteiger partial charge in [-0.2, -0.15) is 4.98 Å². The molecular weight excluding hydrogens is 364 g/mol. The number of nitrogens with one attached hydrogen (secondary N) is 1. The van der Waals surface area contributed by atoms with E-state index in [0.29, 0.717) is 24.9 Å². The number of nitrogens with zero attached hydrogens (tertiary/aromatic N) is 3. The first kappa shape index (κ1) is 20.6. The summed E-state index contributed by atoms with van der Waals surface area (Å²) in [6, 6.07) is 14.6. The van der Waals surface area contributed by atoms with Gasteiger partial charge >= 0.3 is 6.09 Å². The highest BCUT2D eigenvalue weighted by Crippen LogP contribution is 2.24. The number of carbonyl (C=O) groups excluding carboxylic acids is 1. The molecule has 2 heterocycles. The fraction of sp³-hybridized carbons (Fsp3) is 0.348. The Labute approximate surface area is 171 Å². The van der Waals surface area contributed by atoms with E-state index in [-0.39, 0.29) is 12.1 Å². The van der Waals surface area contributed by atoms with Gasteiger partial charge in [0.25, 0.3) is 0 Å². The van der Waals surface area contributed by atoms with Gasteiger partial charge in [-0.25, -0.2) is 9.78 Å². The lowest BCUT2D eigenvalue weighted by molar-refractivity contribution is 0.181. The number of carbonyl (C=O) groups is 1. The number of cyclic esters (lactones) is 1. The molecule has 6 heteroatoms. The SMILES string of the molecule is CCC.Cc1ccc2cc(C(C)Nc3nccc(N4CCOC4=O)n3)ccc2c1. The van der Waals surface area contributed by atoms with Crippen molar-refractivity contribution in [2.24, 2.45) is 0 Å². The van der Waals surface area contributed by atoms with Crippen LogP contribution in [0.15, 0.2) is 48.7 Å². The quantitative estimate of drug-likeness (QED) is 0.636. The molecule has 3 aromatic rings. The monoisotopic (exact) mass is 392 g/mol. The summed E-state index contributed by atoms with van der Waals surface area (Å²) in [5.74, 6) is 1.03. The van der Waals surface area contributed by atoms with Crippen LogP contribution in [0.25, 0.3) is 10.8 Å². The van der Waals surface area contributed by atoms with Gasteiger partial charge in [0.05, 0.1) is 12.6 Å². The van der Waals surface area contributed by atoms with Crippen LogP contribution in [0.1, 0.15) is 44.4 Å². The number of benzene rings is 2. The van der Waals surface area contributed by atoms with Crippen molar-refractivity contribution in [1.82, 2.24) is 9.97 Å². The Kier molecular flexibility index (Phi) is 6.65. The minimum atomic E-state index is -0.368. The van der Waals surface area contributed by atoms with E-state index in [4.69, 9.17) is 4.74 Å². The number of aromatic nitrogens is 2. The van der Waals surface area contributed by atoms with Crippen LogP contribution in [0.2, 0.25) is 0 Å². The van der Waals surface area contributed by atoms with Crippen molar-refractivity contribution in [3.8, 4) is 0 Å². The lowest BCUT2D eigenvalue weighted by atomic mass is 10.0. The summed E-state index contributed by atoms with van der Waals surface area (Å²) in [4.78, 5) is 21.9. The molecule has 152 valence electrons. The van der Waals surface area contributed by atoms with Gasteiger partial charge in [-0.3, -0.25) is 4.90 Å². The van der Waals surface area contributed by atoms with Gasteiger partial charge in [-0.05, 0) is 42.3 Å². The highest BCUT2D eigenvalue weighted by atomic mass is 16.6. The van der Waals surface area contributed by atoms with E-state index in [2.05, 4.69) is 79.4 Å². The third kappa shape index (κ3) is 5.02. The number of rotatable bonds is 4. The molecule has 1 atom stereocenters. The number of ether oxygens (including phenoxy) is 1. The second-order valence-electron chi connectivity index (χ2n) is 7.19. The third-order valence-electron chi connectivity index (χ3n) is 4.54. The smallest absolute Gasteiger partial charge is 0.415 e. The minimum absolute atomic E-state index is 0.0292. The van der Waals surface area contributed by atoms with Crippen molar-refractivity contribution in [3.63, 3.8) is 0 Å². The Bertz CT molecular complexity index is 990. The van der Waals surface area contributed by atoms with Crippen molar-refractivity contribution < 1.29 is 9.53 Å². The largest absolute Gasteiger partial charge is 0.447 e. The molecule has 2 aromatic carbocycles. The summed E-state index contributed by atoms with van der Waals surface area (Å²) in [5, 5.41) is 5.75. The number of hydrogen-bond acceptors (Lipinski definition) is 5. The molecule has 1 amide bonds. The summed E-state index contributed by atoms with van der Waals surface area (Å²) >= 11 is 0. The van der Waals surface area contributed by atoms with Crippen molar-refractivity contribution in [3.05, 3.63) is 59.8 Å². The second-order valence-corrected chi connectivity index (χ2v) is 7.19. The Morgan fingerprint density at radius 2 is 1.86 bits per heavy atom. The van der Waals surface area contributed by atoms with Crippen LogP contribution in [0.3, 0.4) is 0 Å². The Morgan fingerprint density at radius 3 is 2.59 bits per heavy atom. The molecule has 0 bridgehead atoms. The molecule has 1 aliphatic heterocycles. The summed E-state index contributed by atoms with van der Waals surface area (Å²) < 4.78 is 4.97. The summed E-state index contributed by atoms with van der Waals surface area (Å²) in [7, 11) is 0. The van der Waals surface area contributed by atoms with Gasteiger partial charge < -0.3 is 10.1 Å². The van der Waals surface area contributed by atoms with Crippen molar-refractivity contribution >= 4 is 28.6 Å². The standard InChI is InChI=1S/C20H20N4O2.C3H8/c1-13-3-4-17-12-15(5-6-16(17)11-13)14(2)22-19-21-8-7-18(23-19)24-9-10-26-20(24)25;1-3-2/h3-8,11-12,14H,9-10H2,1-2H3,(H,21,22,23);3H2,1-2H3. The first-order chi connectivity index (χ1) is 14.0. The number of aryl methyl sites for hydroxylation is 1. The maximum Gasteiger partial charge on any atom is 0.415 e. The Balaban J connectivity index is 0.000000755. The molecular formula is C23H28N4O2. The van der Waals surface area contributed by atoms with Crippen LogP contribution < -0.4 is 10.2 Å². The zero-order chi connectivity index (χ0) is 20.8. The van der Waals surface area contributed by atoms with Gasteiger partial charge in [-0.15, -0.1) is 0 Å². The van der Waals surface area contributed by atoms with E-state index in [0.717, 1.165) is 5.56 Å². The molecule has 1 aliphatic rings. The Hall–Kier alpha value is -3.15. The normalized spacial score (nSPS) is 14.2. The van der Waals surface area contributed by atoms with Gasteiger partial charge in [0, 0.05) is 6.20 Å². The fourth-order valence-electron chi connectivity index (χ4n) is 3.10. The average Bonchev–Trinajstić information content (AvgIpc) is 3.14. The highest BCUT2D eigenvalue weighted by molar-refractivity contribution is 5.88. The lowest BCUT2D eigenvalue weighted by Crippen LogP contribution is -2.25. The van der Waals surface area contributed by atoms with Gasteiger partial charge in [-0.1, -0.05) is 56.2 Å². The van der Waals surface area contributed by atoms with E-state index in [9.17, 15) is 4.79 Å². The maximum absolute atomic E-state index is 11.7. The highest BCUT2D eigenvalue weighted by Gasteiger charge is 2.25. The second kappa shape index (κ2) is 9.37. The van der Waals surface area contributed by atoms with Crippen molar-refractivity contribution in [1.29, 1.82) is 0 Å². The number of hydrogen-bond donors (Lipinski definition) is 1. The van der Waals surface area contributed by atoms with E-state index in [1.54, 1.807) is 12.3 Å². The topological polar surface area (TPSA) is 67.3 Å². The molecule has 1 aromatic heterocycles. The summed E-state index contributed by atoms with van der Waals surface area (Å²) in [6.07, 6.45) is 2.53. The number of fused-ring (bicyclic) bond motifs is 1. The molecule has 0 spiro atoms. The van der Waals surface area contributed by atoms with E-state index < -0.39 is 0 Å². The van der Waals surface area contributed by atoms with Gasteiger partial charge in [0.2, 0.25) is 5.95 Å². The Morgan fingerprint density at radius 1 is 1.14 bits per heavy atom. The molecule has 0 saturated carbocycles. The summed E-state index contributed by atoms with van der Waals surface area (Å²) in [5.41, 5.74) is 2.40. The zero-order valence-electron chi connectivity index (χ0n) is 17.5. The van der Waals surface area contributed by atoms with Crippen LogP contribution in [-0.4, -0.2) is 29.2 Å². The van der Waals surface area contributed by atoms with Crippen LogP contribution in [0, 0.1) is 6.92 Å². The molecule has 0 radical (unpaired) electrons. The molecule has 1 fully saturated rings. The molecule has 6 nitrogen and oxygen atoms in total. The molecule has 1 saturated heterocycles. The predicted octanol–water partition coefficient (Wildman–Crippen LogP) is 5.48. The molecule has 4 rings (SSSR count). The van der Waals surface area contributed by atoms with Gasteiger partial charge in [0.15, 0.2) is 0 Å². The maximum atomic E-state index is 11.7. The minimum Gasteiger partial charge on any atom is -0.447 e. The van der Waals surface area contributed by atoms with Crippen LogP contribution in [0.4, 0.5) is 16.6 Å². The van der Waals surface area contributed by atoms with Crippen molar-refractivity contribution in [2.75, 3.05) is 23.4 Å². The van der Waals surface area contributed by atoms with E-state index in [1.165, 1.54) is 27.7 Å². The van der Waals surface area contributed by atoms with Crippen LogP contribution >= 0.6 is 0 Å². The molecule has 0 aliphatic carbocycles. The van der Waals surface area contributed by atoms with Crippen LogP contribution in [-0.2, 0) is 4.74 Å².